The highest BCUT2D eigenvalue weighted by Crippen LogP contribution is 2.13. The van der Waals surface area contributed by atoms with Gasteiger partial charge in [-0.2, -0.15) is 0 Å². The second kappa shape index (κ2) is 6.69. The second-order valence-electron chi connectivity index (χ2n) is 5.63. The first-order chi connectivity index (χ1) is 9.27. The molecule has 0 aromatic carbocycles. The Bertz CT molecular complexity index is 389. The molecule has 1 atom stereocenters. The summed E-state index contributed by atoms with van der Waals surface area (Å²) in [5, 5.41) is 2.57. The maximum Gasteiger partial charge on any atom is 0.331 e. The van der Waals surface area contributed by atoms with Crippen molar-refractivity contribution < 1.29 is 23.9 Å². The fourth-order valence-corrected chi connectivity index (χ4v) is 1.76. The lowest BCUT2D eigenvalue weighted by atomic mass is 9.96. The molecule has 0 aliphatic carbocycles. The number of nitrogens with one attached hydrogen (secondary N) is 1. The van der Waals surface area contributed by atoms with Crippen molar-refractivity contribution in [3.05, 3.63) is 0 Å². The summed E-state index contributed by atoms with van der Waals surface area (Å²) in [6.45, 7) is 5.95. The Balaban J connectivity index is 2.60. The molecule has 0 radical (unpaired) electrons. The van der Waals surface area contributed by atoms with Crippen molar-refractivity contribution in [1.82, 2.24) is 10.2 Å². The van der Waals surface area contributed by atoms with Crippen molar-refractivity contribution in [3.63, 3.8) is 0 Å². The first kappa shape index (κ1) is 16.4. The fourth-order valence-electron chi connectivity index (χ4n) is 1.76. The molecule has 1 aliphatic heterocycles. The topological polar surface area (TPSA) is 84.9 Å². The predicted octanol–water partition coefficient (Wildman–Crippen LogP) is -0.451. The minimum atomic E-state index is -0.743. The molecule has 1 fully saturated rings. The number of ether oxygens (including phenoxy) is 2. The van der Waals surface area contributed by atoms with Crippen LogP contribution in [-0.4, -0.2) is 62.1 Å². The van der Waals surface area contributed by atoms with Crippen molar-refractivity contribution in [2.45, 2.75) is 26.8 Å². The van der Waals surface area contributed by atoms with Gasteiger partial charge in [0.05, 0.1) is 26.9 Å². The summed E-state index contributed by atoms with van der Waals surface area (Å²) in [7, 11) is 1.26. The number of morpholine rings is 1. The number of esters is 1. The summed E-state index contributed by atoms with van der Waals surface area (Å²) in [6.07, 6.45) is 0. The van der Waals surface area contributed by atoms with Gasteiger partial charge in [-0.3, -0.25) is 9.59 Å². The molecule has 1 N–H and O–H groups in total. The molecule has 1 aliphatic rings. The van der Waals surface area contributed by atoms with E-state index in [0.717, 1.165) is 0 Å². The Labute approximate surface area is 118 Å². The van der Waals surface area contributed by atoms with Gasteiger partial charge in [0.25, 0.3) is 0 Å². The molecular formula is C13H22N2O5. The lowest BCUT2D eigenvalue weighted by Gasteiger charge is -2.33. The zero-order valence-corrected chi connectivity index (χ0v) is 12.4. The molecule has 114 valence electrons. The van der Waals surface area contributed by atoms with Crippen LogP contribution in [0.1, 0.15) is 20.8 Å². The number of hydrogen-bond acceptors (Lipinski definition) is 5. The van der Waals surface area contributed by atoms with Gasteiger partial charge in [-0.1, -0.05) is 20.8 Å². The van der Waals surface area contributed by atoms with E-state index in [1.807, 2.05) is 0 Å². The first-order valence-electron chi connectivity index (χ1n) is 6.50. The van der Waals surface area contributed by atoms with Crippen LogP contribution in [0, 0.1) is 5.41 Å². The number of rotatable bonds is 3. The minimum Gasteiger partial charge on any atom is -0.467 e. The molecular weight excluding hydrogens is 264 g/mol. The Kier molecular flexibility index (Phi) is 5.50. The Morgan fingerprint density at radius 1 is 1.35 bits per heavy atom. The maximum absolute atomic E-state index is 12.1. The van der Waals surface area contributed by atoms with E-state index in [-0.39, 0.29) is 25.0 Å². The molecule has 2 amide bonds. The van der Waals surface area contributed by atoms with E-state index in [0.29, 0.717) is 13.2 Å². The standard InChI is InChI=1S/C13H22N2O5/c1-13(2,3)12(18)14-7-10(16)15-5-6-20-8-9(15)11(17)19-4/h9H,5-8H2,1-4H3,(H,14,18). The summed E-state index contributed by atoms with van der Waals surface area (Å²) >= 11 is 0. The maximum atomic E-state index is 12.1. The van der Waals surface area contributed by atoms with E-state index in [9.17, 15) is 14.4 Å². The van der Waals surface area contributed by atoms with Crippen LogP contribution in [-0.2, 0) is 23.9 Å². The number of carbonyl (C=O) groups excluding carboxylic acids is 3. The van der Waals surface area contributed by atoms with Crippen LogP contribution >= 0.6 is 0 Å². The Morgan fingerprint density at radius 2 is 2.00 bits per heavy atom. The molecule has 7 nitrogen and oxygen atoms in total. The third-order valence-electron chi connectivity index (χ3n) is 3.00. The Morgan fingerprint density at radius 3 is 2.55 bits per heavy atom. The highest BCUT2D eigenvalue weighted by atomic mass is 16.5. The van der Waals surface area contributed by atoms with Gasteiger partial charge in [0.15, 0.2) is 6.04 Å². The molecule has 0 saturated carbocycles. The van der Waals surface area contributed by atoms with Gasteiger partial charge in [-0.15, -0.1) is 0 Å². The van der Waals surface area contributed by atoms with Crippen molar-refractivity contribution in [2.24, 2.45) is 5.41 Å². The smallest absolute Gasteiger partial charge is 0.331 e. The fraction of sp³-hybridized carbons (Fsp3) is 0.769. The van der Waals surface area contributed by atoms with Crippen molar-refractivity contribution in [1.29, 1.82) is 0 Å². The van der Waals surface area contributed by atoms with Crippen LogP contribution in [0.5, 0.6) is 0 Å². The second-order valence-corrected chi connectivity index (χ2v) is 5.63. The first-order valence-corrected chi connectivity index (χ1v) is 6.50. The molecule has 1 rings (SSSR count). The molecule has 0 bridgehead atoms. The van der Waals surface area contributed by atoms with Crippen LogP contribution in [0.3, 0.4) is 0 Å². The van der Waals surface area contributed by atoms with Gasteiger partial charge in [-0.05, 0) is 0 Å². The monoisotopic (exact) mass is 286 g/mol. The molecule has 0 aromatic heterocycles. The third kappa shape index (κ3) is 4.19. The number of nitrogens with zero attached hydrogens (tertiary/aromatic N) is 1. The summed E-state index contributed by atoms with van der Waals surface area (Å²) in [5.74, 6) is -1.05. The van der Waals surface area contributed by atoms with E-state index in [2.05, 4.69) is 10.1 Å². The molecule has 1 saturated heterocycles. The van der Waals surface area contributed by atoms with Crippen LogP contribution in [0.25, 0.3) is 0 Å². The molecule has 0 spiro atoms. The third-order valence-corrected chi connectivity index (χ3v) is 3.00. The zero-order chi connectivity index (χ0) is 15.3. The summed E-state index contributed by atoms with van der Waals surface area (Å²) < 4.78 is 9.83. The van der Waals surface area contributed by atoms with E-state index in [1.165, 1.54) is 12.0 Å². The average molecular weight is 286 g/mol. The van der Waals surface area contributed by atoms with Crippen LogP contribution < -0.4 is 5.32 Å². The lowest BCUT2D eigenvalue weighted by Crippen LogP contribution is -2.55. The number of methoxy groups -OCH3 is 1. The molecule has 7 heteroatoms. The quantitative estimate of drug-likeness (QED) is 0.710. The lowest BCUT2D eigenvalue weighted by molar-refractivity contribution is -0.160. The van der Waals surface area contributed by atoms with Gasteiger partial charge in [0, 0.05) is 12.0 Å². The number of carbonyl (C=O) groups is 3. The van der Waals surface area contributed by atoms with Gasteiger partial charge < -0.3 is 19.7 Å². The molecule has 0 aromatic rings. The summed E-state index contributed by atoms with van der Waals surface area (Å²) in [4.78, 5) is 36.8. The predicted molar refractivity (Wildman–Crippen MR) is 70.8 cm³/mol. The molecule has 1 heterocycles. The van der Waals surface area contributed by atoms with Gasteiger partial charge in [0.1, 0.15) is 0 Å². The van der Waals surface area contributed by atoms with Crippen LogP contribution in [0.15, 0.2) is 0 Å². The van der Waals surface area contributed by atoms with Crippen molar-refractivity contribution in [3.8, 4) is 0 Å². The molecule has 20 heavy (non-hydrogen) atoms. The van der Waals surface area contributed by atoms with Gasteiger partial charge in [0.2, 0.25) is 11.8 Å². The average Bonchev–Trinajstić information content (AvgIpc) is 2.42. The van der Waals surface area contributed by atoms with Crippen LogP contribution in [0.2, 0.25) is 0 Å². The highest BCUT2D eigenvalue weighted by molar-refractivity contribution is 5.89. The van der Waals surface area contributed by atoms with E-state index < -0.39 is 17.4 Å². The minimum absolute atomic E-state index is 0.117. The number of amides is 2. The largest absolute Gasteiger partial charge is 0.467 e. The van der Waals surface area contributed by atoms with Gasteiger partial charge >= 0.3 is 5.97 Å². The van der Waals surface area contributed by atoms with E-state index in [1.54, 1.807) is 20.8 Å². The SMILES string of the molecule is COC(=O)C1COCCN1C(=O)CNC(=O)C(C)(C)C. The molecule has 1 unspecified atom stereocenters. The van der Waals surface area contributed by atoms with Crippen molar-refractivity contribution in [2.75, 3.05) is 33.4 Å². The number of hydrogen-bond donors (Lipinski definition) is 1. The normalized spacial score (nSPS) is 19.4. The zero-order valence-electron chi connectivity index (χ0n) is 12.4. The summed E-state index contributed by atoms with van der Waals surface area (Å²) in [6, 6.07) is -0.743. The van der Waals surface area contributed by atoms with Crippen molar-refractivity contribution >= 4 is 17.8 Å². The van der Waals surface area contributed by atoms with E-state index in [4.69, 9.17) is 4.74 Å². The highest BCUT2D eigenvalue weighted by Gasteiger charge is 2.34. The van der Waals surface area contributed by atoms with E-state index >= 15 is 0 Å². The van der Waals surface area contributed by atoms with Crippen LogP contribution in [0.4, 0.5) is 0 Å². The Hall–Kier alpha value is -1.63. The van der Waals surface area contributed by atoms with Gasteiger partial charge in [-0.25, -0.2) is 4.79 Å². The summed E-state index contributed by atoms with van der Waals surface area (Å²) in [5.41, 5.74) is -0.562.